The van der Waals surface area contributed by atoms with Crippen molar-refractivity contribution >= 4 is 23.4 Å². The molecular formula is C24H16ClF3N2O3. The summed E-state index contributed by atoms with van der Waals surface area (Å²) >= 11 is 6.09. The third-order valence-corrected chi connectivity index (χ3v) is 6.19. The van der Waals surface area contributed by atoms with Gasteiger partial charge in [0.15, 0.2) is 5.66 Å². The number of benzene rings is 3. The number of amides is 2. The van der Waals surface area contributed by atoms with E-state index in [0.717, 1.165) is 12.1 Å². The molecule has 0 radical (unpaired) electrons. The van der Waals surface area contributed by atoms with E-state index in [0.29, 0.717) is 28.3 Å². The average molecular weight is 473 g/mol. The molecule has 0 bridgehead atoms. The normalized spacial score (nSPS) is 19.5. The maximum Gasteiger partial charge on any atom is 0.573 e. The van der Waals surface area contributed by atoms with Crippen molar-refractivity contribution in [3.8, 4) is 5.75 Å². The molecule has 0 saturated carbocycles. The van der Waals surface area contributed by atoms with Gasteiger partial charge >= 0.3 is 6.36 Å². The van der Waals surface area contributed by atoms with Gasteiger partial charge in [0, 0.05) is 40.4 Å². The Morgan fingerprint density at radius 2 is 1.61 bits per heavy atom. The molecule has 2 heterocycles. The molecule has 2 aliphatic heterocycles. The number of carbonyl (C=O) groups is 2. The summed E-state index contributed by atoms with van der Waals surface area (Å²) in [5.41, 5.74) is 0.847. The van der Waals surface area contributed by atoms with Gasteiger partial charge in [-0.25, -0.2) is 0 Å². The number of hydrogen-bond donors (Lipinski definition) is 0. The molecule has 9 heteroatoms. The molecule has 0 aromatic heterocycles. The van der Waals surface area contributed by atoms with Crippen LogP contribution < -0.4 is 4.74 Å². The highest BCUT2D eigenvalue weighted by Crippen LogP contribution is 2.50. The molecular weight excluding hydrogens is 457 g/mol. The van der Waals surface area contributed by atoms with Crippen molar-refractivity contribution < 1.29 is 27.5 Å². The fraction of sp³-hybridized carbons (Fsp3) is 0.167. The van der Waals surface area contributed by atoms with Gasteiger partial charge in [-0.3, -0.25) is 9.59 Å². The Hall–Kier alpha value is -3.52. The lowest BCUT2D eigenvalue weighted by Gasteiger charge is -2.40. The maximum atomic E-state index is 13.6. The fourth-order valence-corrected chi connectivity index (χ4v) is 4.81. The van der Waals surface area contributed by atoms with Gasteiger partial charge in [0.25, 0.3) is 11.8 Å². The smallest absolute Gasteiger partial charge is 0.406 e. The first kappa shape index (κ1) is 21.3. The summed E-state index contributed by atoms with van der Waals surface area (Å²) in [5.74, 6) is -1.03. The second kappa shape index (κ2) is 7.52. The number of alkyl halides is 3. The molecule has 0 spiro atoms. The molecule has 1 unspecified atom stereocenters. The van der Waals surface area contributed by atoms with Gasteiger partial charge in [-0.1, -0.05) is 41.9 Å². The van der Waals surface area contributed by atoms with Crippen LogP contribution in [0.15, 0.2) is 72.8 Å². The molecule has 5 rings (SSSR count). The molecule has 3 aromatic carbocycles. The third kappa shape index (κ3) is 3.33. The van der Waals surface area contributed by atoms with E-state index < -0.39 is 23.7 Å². The summed E-state index contributed by atoms with van der Waals surface area (Å²) in [4.78, 5) is 30.1. The highest BCUT2D eigenvalue weighted by Gasteiger charge is 2.59. The van der Waals surface area contributed by atoms with Crippen molar-refractivity contribution in [2.24, 2.45) is 0 Å². The number of ether oxygens (including phenoxy) is 1. The Kier molecular flexibility index (Phi) is 4.86. The van der Waals surface area contributed by atoms with Gasteiger partial charge in [0.05, 0.1) is 0 Å². The number of carbonyl (C=O) groups excluding carboxylic acids is 2. The van der Waals surface area contributed by atoms with Crippen LogP contribution in [-0.4, -0.2) is 41.1 Å². The highest BCUT2D eigenvalue weighted by molar-refractivity contribution is 6.30. The van der Waals surface area contributed by atoms with Crippen LogP contribution in [0.5, 0.6) is 5.75 Å². The summed E-state index contributed by atoms with van der Waals surface area (Å²) < 4.78 is 41.4. The molecule has 1 fully saturated rings. The van der Waals surface area contributed by atoms with Gasteiger partial charge < -0.3 is 14.5 Å². The van der Waals surface area contributed by atoms with E-state index in [1.807, 2.05) is 6.07 Å². The first-order valence-corrected chi connectivity index (χ1v) is 10.4. The first-order valence-electron chi connectivity index (χ1n) is 10.1. The second-order valence-electron chi connectivity index (χ2n) is 7.71. The van der Waals surface area contributed by atoms with E-state index in [1.165, 1.54) is 12.1 Å². The van der Waals surface area contributed by atoms with Gasteiger partial charge in [0.1, 0.15) is 5.75 Å². The van der Waals surface area contributed by atoms with Gasteiger partial charge in [-0.15, -0.1) is 13.2 Å². The number of halogens is 4. The van der Waals surface area contributed by atoms with E-state index >= 15 is 0 Å². The lowest BCUT2D eigenvalue weighted by Crippen LogP contribution is -2.51. The monoisotopic (exact) mass is 472 g/mol. The summed E-state index contributed by atoms with van der Waals surface area (Å²) in [6.45, 7) is 0.555. The highest BCUT2D eigenvalue weighted by atomic mass is 35.5. The van der Waals surface area contributed by atoms with Crippen LogP contribution in [0.3, 0.4) is 0 Å². The molecule has 1 saturated heterocycles. The van der Waals surface area contributed by atoms with Crippen molar-refractivity contribution in [1.29, 1.82) is 0 Å². The van der Waals surface area contributed by atoms with Crippen molar-refractivity contribution in [1.82, 2.24) is 9.80 Å². The Balaban J connectivity index is 1.61. The summed E-state index contributed by atoms with van der Waals surface area (Å²) in [6.07, 6.45) is -4.83. The molecule has 1 atom stereocenters. The predicted octanol–water partition coefficient (Wildman–Crippen LogP) is 5.05. The van der Waals surface area contributed by atoms with Crippen LogP contribution >= 0.6 is 11.6 Å². The molecule has 0 N–H and O–H groups in total. The molecule has 2 amide bonds. The van der Waals surface area contributed by atoms with Crippen molar-refractivity contribution in [2.45, 2.75) is 12.0 Å². The average Bonchev–Trinajstić information content (AvgIpc) is 3.29. The SMILES string of the molecule is O=C(c1ccc(OC(F)(F)F)cc1)N1CCN2C(=O)c3ccccc3C12c1ccc(Cl)cc1. The maximum absolute atomic E-state index is 13.6. The molecule has 3 aromatic rings. The second-order valence-corrected chi connectivity index (χ2v) is 8.15. The summed E-state index contributed by atoms with van der Waals surface area (Å²) in [5, 5.41) is 0.510. The van der Waals surface area contributed by atoms with Crippen LogP contribution in [0.4, 0.5) is 13.2 Å². The van der Waals surface area contributed by atoms with E-state index in [4.69, 9.17) is 11.6 Å². The zero-order valence-electron chi connectivity index (χ0n) is 17.0. The van der Waals surface area contributed by atoms with E-state index in [9.17, 15) is 22.8 Å². The van der Waals surface area contributed by atoms with Crippen molar-refractivity contribution in [3.05, 3.63) is 100 Å². The summed E-state index contributed by atoms with van der Waals surface area (Å²) in [6, 6.07) is 18.8. The molecule has 2 aliphatic rings. The van der Waals surface area contributed by atoms with Crippen LogP contribution in [-0.2, 0) is 5.66 Å². The molecule has 168 valence electrons. The van der Waals surface area contributed by atoms with Crippen LogP contribution in [0.25, 0.3) is 0 Å². The summed E-state index contributed by atoms with van der Waals surface area (Å²) in [7, 11) is 0. The van der Waals surface area contributed by atoms with Gasteiger partial charge in [0.2, 0.25) is 0 Å². The zero-order valence-corrected chi connectivity index (χ0v) is 17.7. The van der Waals surface area contributed by atoms with Crippen molar-refractivity contribution in [2.75, 3.05) is 13.1 Å². The standard InChI is InChI=1S/C24H16ClF3N2O3/c25-17-9-7-16(8-10-17)23-20-4-2-1-3-19(20)22(32)30(23)14-13-29(23)21(31)15-5-11-18(12-6-15)33-24(26,27)28/h1-12H,13-14H2. The fourth-order valence-electron chi connectivity index (χ4n) is 4.68. The topological polar surface area (TPSA) is 49.9 Å². The number of rotatable bonds is 3. The van der Waals surface area contributed by atoms with Gasteiger partial charge in [-0.05, 0) is 42.5 Å². The van der Waals surface area contributed by atoms with E-state index in [-0.39, 0.29) is 18.0 Å². The van der Waals surface area contributed by atoms with Crippen molar-refractivity contribution in [3.63, 3.8) is 0 Å². The Bertz CT molecular complexity index is 1250. The van der Waals surface area contributed by atoms with Crippen LogP contribution in [0.2, 0.25) is 5.02 Å². The Morgan fingerprint density at radius 3 is 2.27 bits per heavy atom. The minimum absolute atomic E-state index is 0.177. The Morgan fingerprint density at radius 1 is 0.939 bits per heavy atom. The minimum Gasteiger partial charge on any atom is -0.406 e. The zero-order chi connectivity index (χ0) is 23.4. The molecule has 33 heavy (non-hydrogen) atoms. The quantitative estimate of drug-likeness (QED) is 0.536. The lowest BCUT2D eigenvalue weighted by molar-refractivity contribution is -0.274. The first-order chi connectivity index (χ1) is 15.7. The van der Waals surface area contributed by atoms with Gasteiger partial charge in [-0.2, -0.15) is 0 Å². The van der Waals surface area contributed by atoms with Crippen LogP contribution in [0, 0.1) is 0 Å². The third-order valence-electron chi connectivity index (χ3n) is 5.93. The number of fused-ring (bicyclic) bond motifs is 3. The minimum atomic E-state index is -4.83. The Labute approximate surface area is 191 Å². The lowest BCUT2D eigenvalue weighted by atomic mass is 9.89. The number of hydrogen-bond acceptors (Lipinski definition) is 3. The molecule has 0 aliphatic carbocycles. The van der Waals surface area contributed by atoms with Crippen LogP contribution in [0.1, 0.15) is 31.8 Å². The predicted molar refractivity (Wildman–Crippen MR) is 114 cm³/mol. The van der Waals surface area contributed by atoms with E-state index in [2.05, 4.69) is 4.74 Å². The molecule has 5 nitrogen and oxygen atoms in total. The largest absolute Gasteiger partial charge is 0.573 e. The number of nitrogens with zero attached hydrogens (tertiary/aromatic N) is 2. The van der Waals surface area contributed by atoms with E-state index in [1.54, 1.807) is 52.3 Å².